The summed E-state index contributed by atoms with van der Waals surface area (Å²) in [7, 11) is 0. The Morgan fingerprint density at radius 2 is 2.07 bits per heavy atom. The van der Waals surface area contributed by atoms with Crippen molar-refractivity contribution in [2.45, 2.75) is 20.5 Å². The van der Waals surface area contributed by atoms with E-state index in [0.717, 1.165) is 10.7 Å². The van der Waals surface area contributed by atoms with Crippen LogP contribution in [-0.4, -0.2) is 22.7 Å². The topological polar surface area (TPSA) is 82.6 Å². The summed E-state index contributed by atoms with van der Waals surface area (Å²) < 4.78 is 16.3. The molecule has 3 aromatic rings. The van der Waals surface area contributed by atoms with E-state index in [1.807, 2.05) is 26.0 Å². The van der Waals surface area contributed by atoms with Gasteiger partial charge in [0, 0.05) is 17.4 Å². The number of aromatic nitrogens is 2. The number of nitrogens with one attached hydrogen (secondary N) is 1. The molecule has 0 fully saturated rings. The van der Waals surface area contributed by atoms with E-state index >= 15 is 0 Å². The van der Waals surface area contributed by atoms with Gasteiger partial charge in [-0.1, -0.05) is 0 Å². The number of carbonyl (C=O) groups excluding carboxylic acids is 1. The summed E-state index contributed by atoms with van der Waals surface area (Å²) in [6, 6.07) is 9.02. The zero-order chi connectivity index (χ0) is 18.8. The Hall–Kier alpha value is -3.13. The van der Waals surface area contributed by atoms with E-state index in [-0.39, 0.29) is 19.3 Å². The SMILES string of the molecule is Cc1ccc(OCc2nc(C)c(C(=O)Nc3ccc4c(c3)OCO4)s2)cn1. The molecule has 0 aliphatic carbocycles. The van der Waals surface area contributed by atoms with Crippen molar-refractivity contribution >= 4 is 22.9 Å². The average Bonchev–Trinajstić information content (AvgIpc) is 3.27. The number of fused-ring (bicyclic) bond motifs is 1. The van der Waals surface area contributed by atoms with E-state index < -0.39 is 0 Å². The quantitative estimate of drug-likeness (QED) is 0.723. The largest absolute Gasteiger partial charge is 0.485 e. The molecule has 0 radical (unpaired) electrons. The first kappa shape index (κ1) is 17.3. The number of anilines is 1. The highest BCUT2D eigenvalue weighted by Crippen LogP contribution is 2.34. The molecule has 0 unspecified atom stereocenters. The highest BCUT2D eigenvalue weighted by molar-refractivity contribution is 7.13. The number of thiazole rings is 1. The number of benzene rings is 1. The zero-order valence-corrected chi connectivity index (χ0v) is 15.6. The smallest absolute Gasteiger partial charge is 0.267 e. The van der Waals surface area contributed by atoms with E-state index in [4.69, 9.17) is 14.2 Å². The second kappa shape index (κ2) is 7.24. The molecule has 138 valence electrons. The van der Waals surface area contributed by atoms with Gasteiger partial charge in [0.1, 0.15) is 22.2 Å². The lowest BCUT2D eigenvalue weighted by molar-refractivity contribution is 0.103. The number of rotatable bonds is 5. The van der Waals surface area contributed by atoms with Crippen LogP contribution in [-0.2, 0) is 6.61 Å². The van der Waals surface area contributed by atoms with Gasteiger partial charge in [0.2, 0.25) is 6.79 Å². The minimum Gasteiger partial charge on any atom is -0.485 e. The fraction of sp³-hybridized carbons (Fsp3) is 0.211. The van der Waals surface area contributed by atoms with Crippen molar-refractivity contribution in [2.24, 2.45) is 0 Å². The van der Waals surface area contributed by atoms with Gasteiger partial charge in [-0.25, -0.2) is 4.98 Å². The molecule has 0 saturated heterocycles. The van der Waals surface area contributed by atoms with Crippen molar-refractivity contribution in [1.82, 2.24) is 9.97 Å². The van der Waals surface area contributed by atoms with Gasteiger partial charge in [0.05, 0.1) is 11.9 Å². The Balaban J connectivity index is 1.42. The highest BCUT2D eigenvalue weighted by atomic mass is 32.1. The first-order chi connectivity index (χ1) is 13.1. The molecule has 3 heterocycles. The average molecular weight is 383 g/mol. The molecule has 1 aliphatic heterocycles. The Morgan fingerprint density at radius 3 is 2.89 bits per heavy atom. The molecule has 2 aromatic heterocycles. The summed E-state index contributed by atoms with van der Waals surface area (Å²) in [5.41, 5.74) is 2.23. The summed E-state index contributed by atoms with van der Waals surface area (Å²) in [5, 5.41) is 3.59. The number of ether oxygens (including phenoxy) is 3. The number of aryl methyl sites for hydroxylation is 2. The van der Waals surface area contributed by atoms with Crippen molar-refractivity contribution in [2.75, 3.05) is 12.1 Å². The van der Waals surface area contributed by atoms with Crippen LogP contribution in [0, 0.1) is 13.8 Å². The van der Waals surface area contributed by atoms with Gasteiger partial charge in [-0.15, -0.1) is 11.3 Å². The van der Waals surface area contributed by atoms with E-state index in [1.54, 1.807) is 24.4 Å². The number of pyridine rings is 1. The number of hydrogen-bond donors (Lipinski definition) is 1. The van der Waals surface area contributed by atoms with Gasteiger partial charge in [0.25, 0.3) is 5.91 Å². The van der Waals surface area contributed by atoms with Gasteiger partial charge < -0.3 is 19.5 Å². The maximum atomic E-state index is 12.6. The second-order valence-corrected chi connectivity index (χ2v) is 7.05. The Kier molecular flexibility index (Phi) is 4.64. The van der Waals surface area contributed by atoms with Gasteiger partial charge in [0.15, 0.2) is 11.5 Å². The van der Waals surface area contributed by atoms with Crippen LogP contribution in [0.4, 0.5) is 5.69 Å². The molecule has 7 nitrogen and oxygen atoms in total. The predicted molar refractivity (Wildman–Crippen MR) is 101 cm³/mol. The zero-order valence-electron chi connectivity index (χ0n) is 14.8. The number of hydrogen-bond acceptors (Lipinski definition) is 7. The molecule has 8 heteroatoms. The fourth-order valence-corrected chi connectivity index (χ4v) is 3.44. The molecule has 1 N–H and O–H groups in total. The number of carbonyl (C=O) groups is 1. The summed E-state index contributed by atoms with van der Waals surface area (Å²) >= 11 is 1.31. The van der Waals surface area contributed by atoms with Gasteiger partial charge in [-0.3, -0.25) is 9.78 Å². The van der Waals surface area contributed by atoms with E-state index in [0.29, 0.717) is 33.5 Å². The standard InChI is InChI=1S/C19H17N3O4S/c1-11-3-5-14(8-20-11)24-9-17-21-12(2)18(27-17)19(23)22-13-4-6-15-16(7-13)26-10-25-15/h3-8H,9-10H2,1-2H3,(H,22,23). The monoisotopic (exact) mass is 383 g/mol. The molecule has 0 spiro atoms. The molecule has 0 bridgehead atoms. The number of nitrogens with zero attached hydrogens (tertiary/aromatic N) is 2. The molecule has 1 aromatic carbocycles. The normalized spacial score (nSPS) is 12.1. The Labute approximate surface area is 159 Å². The van der Waals surface area contributed by atoms with Crippen molar-refractivity contribution < 1.29 is 19.0 Å². The second-order valence-electron chi connectivity index (χ2n) is 5.97. The minimum absolute atomic E-state index is 0.195. The van der Waals surface area contributed by atoms with Crippen LogP contribution in [0.25, 0.3) is 0 Å². The Bertz CT molecular complexity index is 985. The summed E-state index contributed by atoms with van der Waals surface area (Å²) in [6.45, 7) is 4.20. The third-order valence-corrected chi connectivity index (χ3v) is 5.05. The van der Waals surface area contributed by atoms with Gasteiger partial charge >= 0.3 is 0 Å². The molecule has 1 amide bonds. The molecule has 0 atom stereocenters. The van der Waals surface area contributed by atoms with Crippen LogP contribution in [0.2, 0.25) is 0 Å². The van der Waals surface area contributed by atoms with Crippen LogP contribution >= 0.6 is 11.3 Å². The lowest BCUT2D eigenvalue weighted by Crippen LogP contribution is -2.11. The predicted octanol–water partition coefficient (Wildman–Crippen LogP) is 3.71. The molecule has 1 aliphatic rings. The molecular weight excluding hydrogens is 366 g/mol. The van der Waals surface area contributed by atoms with E-state index in [1.165, 1.54) is 11.3 Å². The maximum Gasteiger partial charge on any atom is 0.267 e. The first-order valence-corrected chi connectivity index (χ1v) is 9.13. The molecule has 0 saturated carbocycles. The van der Waals surface area contributed by atoms with E-state index in [2.05, 4.69) is 15.3 Å². The van der Waals surface area contributed by atoms with Crippen LogP contribution < -0.4 is 19.5 Å². The van der Waals surface area contributed by atoms with Crippen LogP contribution in [0.1, 0.15) is 26.1 Å². The summed E-state index contributed by atoms with van der Waals surface area (Å²) in [4.78, 5) is 21.8. The van der Waals surface area contributed by atoms with Crippen molar-refractivity contribution in [3.05, 3.63) is 57.8 Å². The summed E-state index contributed by atoms with van der Waals surface area (Å²) in [5.74, 6) is 1.74. The molecular formula is C19H17N3O4S. The van der Waals surface area contributed by atoms with Crippen LogP contribution in [0.3, 0.4) is 0 Å². The minimum atomic E-state index is -0.216. The lowest BCUT2D eigenvalue weighted by atomic mass is 10.2. The molecule has 4 rings (SSSR count). The van der Waals surface area contributed by atoms with Gasteiger partial charge in [-0.05, 0) is 38.1 Å². The fourth-order valence-electron chi connectivity index (χ4n) is 2.57. The van der Waals surface area contributed by atoms with E-state index in [9.17, 15) is 4.79 Å². The van der Waals surface area contributed by atoms with Crippen molar-refractivity contribution in [1.29, 1.82) is 0 Å². The number of amides is 1. The third-order valence-electron chi connectivity index (χ3n) is 3.92. The third kappa shape index (κ3) is 3.85. The maximum absolute atomic E-state index is 12.6. The van der Waals surface area contributed by atoms with Crippen molar-refractivity contribution in [3.8, 4) is 17.2 Å². The van der Waals surface area contributed by atoms with Crippen molar-refractivity contribution in [3.63, 3.8) is 0 Å². The van der Waals surface area contributed by atoms with Crippen LogP contribution in [0.5, 0.6) is 17.2 Å². The first-order valence-electron chi connectivity index (χ1n) is 8.31. The van der Waals surface area contributed by atoms with Crippen LogP contribution in [0.15, 0.2) is 36.5 Å². The highest BCUT2D eigenvalue weighted by Gasteiger charge is 2.18. The van der Waals surface area contributed by atoms with Gasteiger partial charge in [-0.2, -0.15) is 0 Å². The Morgan fingerprint density at radius 1 is 1.22 bits per heavy atom. The molecule has 27 heavy (non-hydrogen) atoms. The summed E-state index contributed by atoms with van der Waals surface area (Å²) in [6.07, 6.45) is 1.67. The lowest BCUT2D eigenvalue weighted by Gasteiger charge is -2.05.